The lowest BCUT2D eigenvalue weighted by Crippen LogP contribution is -2.11. The lowest BCUT2D eigenvalue weighted by molar-refractivity contribution is 0.0457. The van der Waals surface area contributed by atoms with E-state index in [1.807, 2.05) is 0 Å². The molecule has 0 aliphatic carbocycles. The standard InChI is InChI=1S/C19H13Cl3O5/c20-13-5-1-11(2-6-13)18(23)25-10-16-15(9-17(22)26-16)27-19(24)12-3-7-14(21)8-4-12/h1-8,17H,9-10H2/t17-/m0/s1. The van der Waals surface area contributed by atoms with Crippen LogP contribution in [0.25, 0.3) is 0 Å². The molecular weight excluding hydrogens is 415 g/mol. The van der Waals surface area contributed by atoms with Crippen LogP contribution in [0.15, 0.2) is 60.0 Å². The zero-order valence-corrected chi connectivity index (χ0v) is 16.1. The quantitative estimate of drug-likeness (QED) is 0.484. The molecule has 0 bridgehead atoms. The number of hydrogen-bond donors (Lipinski definition) is 0. The molecule has 2 aromatic rings. The molecule has 1 heterocycles. The Bertz CT molecular complexity index is 875. The summed E-state index contributed by atoms with van der Waals surface area (Å²) in [4.78, 5) is 24.3. The molecule has 0 aromatic heterocycles. The number of alkyl halides is 1. The first kappa shape index (κ1) is 19.5. The fourth-order valence-electron chi connectivity index (χ4n) is 2.29. The van der Waals surface area contributed by atoms with Crippen LogP contribution in [0.5, 0.6) is 0 Å². The van der Waals surface area contributed by atoms with Crippen LogP contribution in [0.3, 0.4) is 0 Å². The summed E-state index contributed by atoms with van der Waals surface area (Å²) in [6.07, 6.45) is 0.175. The lowest BCUT2D eigenvalue weighted by Gasteiger charge is -2.09. The Balaban J connectivity index is 1.66. The molecule has 1 aliphatic rings. The maximum atomic E-state index is 12.2. The molecule has 3 rings (SSSR count). The highest BCUT2D eigenvalue weighted by molar-refractivity contribution is 6.31. The second-order valence-electron chi connectivity index (χ2n) is 5.56. The molecule has 0 spiro atoms. The Hall–Kier alpha value is -2.21. The van der Waals surface area contributed by atoms with Crippen molar-refractivity contribution < 1.29 is 23.8 Å². The van der Waals surface area contributed by atoms with E-state index < -0.39 is 17.5 Å². The summed E-state index contributed by atoms with van der Waals surface area (Å²) in [6.45, 7) is -0.214. The number of esters is 2. The average Bonchev–Trinajstić information content (AvgIpc) is 3.00. The summed E-state index contributed by atoms with van der Waals surface area (Å²) < 4.78 is 15.9. The zero-order valence-electron chi connectivity index (χ0n) is 13.8. The van der Waals surface area contributed by atoms with Crippen LogP contribution in [-0.4, -0.2) is 24.1 Å². The maximum Gasteiger partial charge on any atom is 0.343 e. The normalized spacial score (nSPS) is 16.0. The van der Waals surface area contributed by atoms with Crippen molar-refractivity contribution in [3.8, 4) is 0 Å². The molecule has 140 valence electrons. The predicted molar refractivity (Wildman–Crippen MR) is 101 cm³/mol. The number of carbonyl (C=O) groups is 2. The first-order valence-corrected chi connectivity index (χ1v) is 9.05. The second-order valence-corrected chi connectivity index (χ2v) is 6.92. The lowest BCUT2D eigenvalue weighted by atomic mass is 10.2. The van der Waals surface area contributed by atoms with Crippen molar-refractivity contribution in [1.82, 2.24) is 0 Å². The molecule has 0 amide bonds. The Kier molecular flexibility index (Phi) is 6.26. The predicted octanol–water partition coefficient (Wildman–Crippen LogP) is 5.20. The van der Waals surface area contributed by atoms with Crippen molar-refractivity contribution >= 4 is 46.7 Å². The van der Waals surface area contributed by atoms with E-state index in [4.69, 9.17) is 49.0 Å². The van der Waals surface area contributed by atoms with E-state index in [9.17, 15) is 9.59 Å². The first-order chi connectivity index (χ1) is 12.9. The van der Waals surface area contributed by atoms with Crippen molar-refractivity contribution in [1.29, 1.82) is 0 Å². The topological polar surface area (TPSA) is 61.8 Å². The Labute approximate surface area is 170 Å². The molecule has 0 N–H and O–H groups in total. The zero-order chi connectivity index (χ0) is 19.4. The SMILES string of the molecule is O=C(OCC1=C(OC(=O)c2ccc(Cl)cc2)C[C@@H](Cl)O1)c1ccc(Cl)cc1. The third-order valence-electron chi connectivity index (χ3n) is 3.64. The molecule has 0 saturated carbocycles. The van der Waals surface area contributed by atoms with Crippen molar-refractivity contribution in [2.75, 3.05) is 6.61 Å². The molecule has 2 aromatic carbocycles. The average molecular weight is 428 g/mol. The molecule has 1 atom stereocenters. The summed E-state index contributed by atoms with van der Waals surface area (Å²) in [5.74, 6) is -0.736. The van der Waals surface area contributed by atoms with Gasteiger partial charge in [0, 0.05) is 10.0 Å². The minimum atomic E-state index is -0.706. The van der Waals surface area contributed by atoms with Gasteiger partial charge in [-0.05, 0) is 48.5 Å². The minimum absolute atomic E-state index is 0.175. The van der Waals surface area contributed by atoms with Gasteiger partial charge in [0.2, 0.25) is 0 Å². The number of hydrogen-bond acceptors (Lipinski definition) is 5. The van der Waals surface area contributed by atoms with Crippen LogP contribution >= 0.6 is 34.8 Å². The summed E-state index contributed by atoms with van der Waals surface area (Å²) in [5, 5.41) is 1.01. The van der Waals surface area contributed by atoms with Gasteiger partial charge in [-0.1, -0.05) is 34.8 Å². The van der Waals surface area contributed by atoms with Gasteiger partial charge in [-0.2, -0.15) is 0 Å². The molecular formula is C19H13Cl3O5. The summed E-state index contributed by atoms with van der Waals surface area (Å²) in [6, 6.07) is 12.5. The van der Waals surface area contributed by atoms with Gasteiger partial charge in [-0.3, -0.25) is 0 Å². The number of ether oxygens (including phenoxy) is 3. The van der Waals surface area contributed by atoms with E-state index in [1.165, 1.54) is 0 Å². The number of rotatable bonds is 5. The minimum Gasteiger partial charge on any atom is -0.471 e. The van der Waals surface area contributed by atoms with E-state index in [2.05, 4.69) is 0 Å². The summed E-state index contributed by atoms with van der Waals surface area (Å²) >= 11 is 17.6. The molecule has 0 fully saturated rings. The Morgan fingerprint density at radius 2 is 1.44 bits per heavy atom. The fourth-order valence-corrected chi connectivity index (χ4v) is 2.79. The Morgan fingerprint density at radius 1 is 0.926 bits per heavy atom. The molecule has 5 nitrogen and oxygen atoms in total. The molecule has 0 radical (unpaired) electrons. The van der Waals surface area contributed by atoms with E-state index >= 15 is 0 Å². The van der Waals surface area contributed by atoms with Gasteiger partial charge in [0.05, 0.1) is 17.5 Å². The van der Waals surface area contributed by atoms with Gasteiger partial charge in [-0.25, -0.2) is 9.59 Å². The highest BCUT2D eigenvalue weighted by Crippen LogP contribution is 2.29. The maximum absolute atomic E-state index is 12.2. The van der Waals surface area contributed by atoms with Crippen molar-refractivity contribution in [3.63, 3.8) is 0 Å². The highest BCUT2D eigenvalue weighted by Gasteiger charge is 2.28. The van der Waals surface area contributed by atoms with E-state index in [0.29, 0.717) is 21.2 Å². The summed E-state index contributed by atoms with van der Waals surface area (Å²) in [5.41, 5.74) is -0.0511. The van der Waals surface area contributed by atoms with Crippen LogP contribution in [0.2, 0.25) is 10.0 Å². The van der Waals surface area contributed by atoms with Crippen molar-refractivity contribution in [2.24, 2.45) is 0 Å². The van der Waals surface area contributed by atoms with Gasteiger partial charge in [0.15, 0.2) is 23.7 Å². The van der Waals surface area contributed by atoms with Gasteiger partial charge in [0.1, 0.15) is 0 Å². The van der Waals surface area contributed by atoms with Crippen LogP contribution < -0.4 is 0 Å². The molecule has 1 aliphatic heterocycles. The van der Waals surface area contributed by atoms with Gasteiger partial charge >= 0.3 is 11.9 Å². The van der Waals surface area contributed by atoms with Crippen LogP contribution in [0.4, 0.5) is 0 Å². The smallest absolute Gasteiger partial charge is 0.343 e. The van der Waals surface area contributed by atoms with Crippen LogP contribution in [0, 0.1) is 0 Å². The second kappa shape index (κ2) is 8.65. The molecule has 8 heteroatoms. The highest BCUT2D eigenvalue weighted by atomic mass is 35.5. The number of carbonyl (C=O) groups excluding carboxylic acids is 2. The monoisotopic (exact) mass is 426 g/mol. The third kappa shape index (κ3) is 5.16. The van der Waals surface area contributed by atoms with Gasteiger partial charge in [0.25, 0.3) is 0 Å². The molecule has 0 unspecified atom stereocenters. The van der Waals surface area contributed by atoms with Crippen LogP contribution in [-0.2, 0) is 14.2 Å². The number of benzene rings is 2. The third-order valence-corrected chi connectivity index (χ3v) is 4.38. The molecule has 0 saturated heterocycles. The van der Waals surface area contributed by atoms with E-state index in [0.717, 1.165) is 0 Å². The first-order valence-electron chi connectivity index (χ1n) is 7.85. The van der Waals surface area contributed by atoms with E-state index in [-0.39, 0.29) is 24.5 Å². The summed E-state index contributed by atoms with van der Waals surface area (Å²) in [7, 11) is 0. The van der Waals surface area contributed by atoms with Gasteiger partial charge in [-0.15, -0.1) is 0 Å². The molecule has 27 heavy (non-hydrogen) atoms. The van der Waals surface area contributed by atoms with E-state index in [1.54, 1.807) is 48.5 Å². The number of halogens is 3. The van der Waals surface area contributed by atoms with Crippen LogP contribution in [0.1, 0.15) is 27.1 Å². The Morgan fingerprint density at radius 3 is 2.00 bits per heavy atom. The fraction of sp³-hybridized carbons (Fsp3) is 0.158. The van der Waals surface area contributed by atoms with Crippen molar-refractivity contribution in [2.45, 2.75) is 12.0 Å². The van der Waals surface area contributed by atoms with Gasteiger partial charge < -0.3 is 14.2 Å². The van der Waals surface area contributed by atoms with Crippen molar-refractivity contribution in [3.05, 3.63) is 81.2 Å². The largest absolute Gasteiger partial charge is 0.471 e.